The zero-order valence-electron chi connectivity index (χ0n) is 12.6. The van der Waals surface area contributed by atoms with E-state index in [0.29, 0.717) is 0 Å². The quantitative estimate of drug-likeness (QED) is 0.804. The molecule has 1 aliphatic rings. The molecule has 0 aromatic heterocycles. The lowest BCUT2D eigenvalue weighted by molar-refractivity contribution is 0.175. The van der Waals surface area contributed by atoms with Crippen LogP contribution in [0.4, 0.5) is 0 Å². The number of benzene rings is 1. The molecule has 0 bridgehead atoms. The second-order valence-electron chi connectivity index (χ2n) is 6.27. The van der Waals surface area contributed by atoms with E-state index in [9.17, 15) is 0 Å². The summed E-state index contributed by atoms with van der Waals surface area (Å²) in [6.07, 6.45) is 6.90. The fraction of sp³-hybridized carbons (Fsp3) is 0.667. The first-order valence-corrected chi connectivity index (χ1v) is 8.04. The predicted octanol–water partition coefficient (Wildman–Crippen LogP) is 4.28. The maximum absolute atomic E-state index is 3.56. The van der Waals surface area contributed by atoms with Crippen LogP contribution in [0.15, 0.2) is 30.3 Å². The summed E-state index contributed by atoms with van der Waals surface area (Å²) in [7, 11) is 0. The van der Waals surface area contributed by atoms with Crippen LogP contribution in [-0.4, -0.2) is 13.1 Å². The van der Waals surface area contributed by atoms with Crippen molar-refractivity contribution in [3.05, 3.63) is 35.9 Å². The third kappa shape index (κ3) is 4.65. The van der Waals surface area contributed by atoms with Gasteiger partial charge in [0.2, 0.25) is 0 Å². The molecule has 1 aliphatic carbocycles. The van der Waals surface area contributed by atoms with E-state index in [2.05, 4.69) is 49.5 Å². The Kier molecular flexibility index (Phi) is 5.91. The summed E-state index contributed by atoms with van der Waals surface area (Å²) in [5.74, 6) is 2.75. The summed E-state index contributed by atoms with van der Waals surface area (Å²) >= 11 is 0. The molecule has 1 aromatic carbocycles. The Morgan fingerprint density at radius 2 is 1.89 bits per heavy atom. The van der Waals surface area contributed by atoms with Gasteiger partial charge in [-0.2, -0.15) is 0 Å². The van der Waals surface area contributed by atoms with E-state index in [1.807, 2.05) is 0 Å². The summed E-state index contributed by atoms with van der Waals surface area (Å²) in [5, 5.41) is 3.56. The van der Waals surface area contributed by atoms with E-state index in [0.717, 1.165) is 24.3 Å². The molecule has 0 radical (unpaired) electrons. The van der Waals surface area contributed by atoms with E-state index in [4.69, 9.17) is 0 Å². The van der Waals surface area contributed by atoms with Crippen LogP contribution in [0.25, 0.3) is 0 Å². The Bertz CT molecular complexity index is 344. The van der Waals surface area contributed by atoms with E-state index in [1.54, 1.807) is 0 Å². The molecule has 0 aliphatic heterocycles. The molecule has 1 N–H and O–H groups in total. The Labute approximate surface area is 118 Å². The maximum Gasteiger partial charge on any atom is -0.00180 e. The molecule has 2 rings (SSSR count). The Balaban J connectivity index is 1.86. The Morgan fingerprint density at radius 3 is 2.63 bits per heavy atom. The molecular formula is C18H29N. The van der Waals surface area contributed by atoms with Gasteiger partial charge in [0.15, 0.2) is 0 Å². The minimum Gasteiger partial charge on any atom is -0.317 e. The van der Waals surface area contributed by atoms with Gasteiger partial charge in [-0.25, -0.2) is 0 Å². The van der Waals surface area contributed by atoms with Crippen LogP contribution in [-0.2, 0) is 6.42 Å². The fourth-order valence-corrected chi connectivity index (χ4v) is 3.51. The molecule has 1 aromatic rings. The van der Waals surface area contributed by atoms with Gasteiger partial charge in [0.25, 0.3) is 0 Å². The third-order valence-corrected chi connectivity index (χ3v) is 4.71. The molecule has 0 saturated heterocycles. The maximum atomic E-state index is 3.56. The van der Waals surface area contributed by atoms with Crippen LogP contribution >= 0.6 is 0 Å². The minimum atomic E-state index is 0.903. The normalized spacial score (nSPS) is 27.4. The van der Waals surface area contributed by atoms with Crippen molar-refractivity contribution in [3.63, 3.8) is 0 Å². The van der Waals surface area contributed by atoms with Crippen molar-refractivity contribution in [1.82, 2.24) is 5.32 Å². The van der Waals surface area contributed by atoms with Gasteiger partial charge in [-0.3, -0.25) is 0 Å². The van der Waals surface area contributed by atoms with E-state index in [1.165, 1.54) is 44.2 Å². The molecule has 1 saturated carbocycles. The first-order chi connectivity index (χ1) is 9.29. The van der Waals surface area contributed by atoms with E-state index >= 15 is 0 Å². The highest BCUT2D eigenvalue weighted by Crippen LogP contribution is 2.36. The lowest BCUT2D eigenvalue weighted by Crippen LogP contribution is -2.32. The topological polar surface area (TPSA) is 12.0 Å². The van der Waals surface area contributed by atoms with Gasteiger partial charge in [-0.1, -0.05) is 50.6 Å². The van der Waals surface area contributed by atoms with Crippen molar-refractivity contribution in [2.24, 2.45) is 17.8 Å². The van der Waals surface area contributed by atoms with Gasteiger partial charge in [-0.15, -0.1) is 0 Å². The lowest BCUT2D eigenvalue weighted by atomic mass is 9.72. The summed E-state index contributed by atoms with van der Waals surface area (Å²) in [5.41, 5.74) is 1.50. The molecule has 1 heteroatoms. The molecule has 0 heterocycles. The summed E-state index contributed by atoms with van der Waals surface area (Å²) in [6.45, 7) is 6.98. The van der Waals surface area contributed by atoms with Crippen LogP contribution in [0.2, 0.25) is 0 Å². The zero-order chi connectivity index (χ0) is 13.5. The summed E-state index contributed by atoms with van der Waals surface area (Å²) < 4.78 is 0. The van der Waals surface area contributed by atoms with E-state index < -0.39 is 0 Å². The Morgan fingerprint density at radius 1 is 1.11 bits per heavy atom. The number of hydrogen-bond donors (Lipinski definition) is 1. The molecule has 0 spiro atoms. The zero-order valence-corrected chi connectivity index (χ0v) is 12.6. The largest absolute Gasteiger partial charge is 0.317 e. The van der Waals surface area contributed by atoms with Crippen molar-refractivity contribution < 1.29 is 0 Å². The molecule has 3 unspecified atom stereocenters. The predicted molar refractivity (Wildman–Crippen MR) is 83.3 cm³/mol. The fourth-order valence-electron chi connectivity index (χ4n) is 3.51. The van der Waals surface area contributed by atoms with Crippen molar-refractivity contribution >= 4 is 0 Å². The van der Waals surface area contributed by atoms with Gasteiger partial charge >= 0.3 is 0 Å². The number of aryl methyl sites for hydroxylation is 1. The first kappa shape index (κ1) is 14.6. The Hall–Kier alpha value is -0.820. The van der Waals surface area contributed by atoms with Crippen LogP contribution in [0.1, 0.15) is 45.1 Å². The average molecular weight is 259 g/mol. The number of rotatable bonds is 6. The number of hydrogen-bond acceptors (Lipinski definition) is 1. The van der Waals surface area contributed by atoms with Gasteiger partial charge in [0.1, 0.15) is 0 Å². The van der Waals surface area contributed by atoms with Crippen LogP contribution in [0, 0.1) is 17.8 Å². The average Bonchev–Trinajstić information content (AvgIpc) is 2.45. The minimum absolute atomic E-state index is 0.903. The highest BCUT2D eigenvalue weighted by molar-refractivity contribution is 5.14. The molecular weight excluding hydrogens is 230 g/mol. The molecule has 1 nitrogen and oxygen atoms in total. The van der Waals surface area contributed by atoms with E-state index in [-0.39, 0.29) is 0 Å². The van der Waals surface area contributed by atoms with Crippen molar-refractivity contribution in [2.75, 3.05) is 13.1 Å². The highest BCUT2D eigenvalue weighted by Gasteiger charge is 2.27. The standard InChI is InChI=1S/C18H29N/c1-3-19-14-18-11-9-15(2)13-17(18)12-10-16-7-5-4-6-8-16/h4-8,15,17-19H,3,9-14H2,1-2H3. The van der Waals surface area contributed by atoms with Crippen molar-refractivity contribution in [1.29, 1.82) is 0 Å². The SMILES string of the molecule is CCNCC1CCC(C)CC1CCc1ccccc1. The summed E-state index contributed by atoms with van der Waals surface area (Å²) in [4.78, 5) is 0. The van der Waals surface area contributed by atoms with Gasteiger partial charge in [0.05, 0.1) is 0 Å². The second kappa shape index (κ2) is 7.69. The first-order valence-electron chi connectivity index (χ1n) is 8.04. The van der Waals surface area contributed by atoms with Crippen molar-refractivity contribution in [2.45, 2.75) is 46.0 Å². The van der Waals surface area contributed by atoms with Crippen LogP contribution in [0.5, 0.6) is 0 Å². The van der Waals surface area contributed by atoms with Crippen LogP contribution < -0.4 is 5.32 Å². The van der Waals surface area contributed by atoms with Gasteiger partial charge in [0, 0.05) is 0 Å². The van der Waals surface area contributed by atoms with Crippen molar-refractivity contribution in [3.8, 4) is 0 Å². The summed E-state index contributed by atoms with van der Waals surface area (Å²) in [6, 6.07) is 11.0. The number of nitrogens with one attached hydrogen (secondary N) is 1. The van der Waals surface area contributed by atoms with Gasteiger partial charge in [-0.05, 0) is 62.1 Å². The molecule has 1 fully saturated rings. The second-order valence-corrected chi connectivity index (χ2v) is 6.27. The van der Waals surface area contributed by atoms with Gasteiger partial charge < -0.3 is 5.32 Å². The molecule has 19 heavy (non-hydrogen) atoms. The highest BCUT2D eigenvalue weighted by atomic mass is 14.8. The third-order valence-electron chi connectivity index (χ3n) is 4.71. The smallest absolute Gasteiger partial charge is 0.00180 e. The molecule has 106 valence electrons. The van der Waals surface area contributed by atoms with Crippen LogP contribution in [0.3, 0.4) is 0 Å². The lowest BCUT2D eigenvalue weighted by Gasteiger charge is -2.35. The monoisotopic (exact) mass is 259 g/mol. The molecule has 0 amide bonds. The molecule has 3 atom stereocenters.